The maximum absolute atomic E-state index is 13.7. The Balaban J connectivity index is 1.68. The highest BCUT2D eigenvalue weighted by Crippen LogP contribution is 2.27. The van der Waals surface area contributed by atoms with Crippen LogP contribution < -0.4 is 0 Å². The number of benzene rings is 3. The van der Waals surface area contributed by atoms with E-state index in [0.29, 0.717) is 18.5 Å². The molecule has 3 aromatic rings. The van der Waals surface area contributed by atoms with Crippen LogP contribution in [0.2, 0.25) is 0 Å². The van der Waals surface area contributed by atoms with Gasteiger partial charge < -0.3 is 14.9 Å². The number of carboxylic acids is 1. The van der Waals surface area contributed by atoms with Crippen LogP contribution in [0.5, 0.6) is 0 Å². The van der Waals surface area contributed by atoms with Gasteiger partial charge in [0, 0.05) is 25.1 Å². The Kier molecular flexibility index (Phi) is 6.54. The molecule has 0 fully saturated rings. The van der Waals surface area contributed by atoms with Crippen LogP contribution in [0, 0.1) is 6.92 Å². The monoisotopic (exact) mass is 442 g/mol. The number of hydrogen-bond acceptors (Lipinski definition) is 3. The molecule has 0 radical (unpaired) electrons. The molecular weight excluding hydrogens is 416 g/mol. The maximum Gasteiger partial charge on any atom is 0.323 e. The largest absolute Gasteiger partial charge is 0.480 e. The molecule has 0 saturated heterocycles. The fourth-order valence-corrected chi connectivity index (χ4v) is 4.21. The van der Waals surface area contributed by atoms with Crippen LogP contribution in [0.1, 0.15) is 32.6 Å². The van der Waals surface area contributed by atoms with E-state index < -0.39 is 18.6 Å². The summed E-state index contributed by atoms with van der Waals surface area (Å²) in [5.74, 6) is -1.69. The summed E-state index contributed by atoms with van der Waals surface area (Å²) in [6, 6.07) is 23.5. The van der Waals surface area contributed by atoms with Gasteiger partial charge in [-0.05, 0) is 35.7 Å². The lowest BCUT2D eigenvalue weighted by atomic mass is 9.92. The lowest BCUT2D eigenvalue weighted by Gasteiger charge is -2.38. The molecule has 6 heteroatoms. The minimum absolute atomic E-state index is 0.163. The summed E-state index contributed by atoms with van der Waals surface area (Å²) in [7, 11) is 0. The van der Waals surface area contributed by atoms with Crippen LogP contribution in [0.25, 0.3) is 0 Å². The third-order valence-electron chi connectivity index (χ3n) is 5.95. The molecule has 0 unspecified atom stereocenters. The fourth-order valence-electron chi connectivity index (χ4n) is 4.21. The molecule has 1 atom stereocenters. The van der Waals surface area contributed by atoms with E-state index >= 15 is 0 Å². The molecule has 0 aliphatic carbocycles. The topological polar surface area (TPSA) is 77.9 Å². The molecule has 6 nitrogen and oxygen atoms in total. The van der Waals surface area contributed by atoms with Crippen molar-refractivity contribution in [3.63, 3.8) is 0 Å². The van der Waals surface area contributed by atoms with E-state index in [1.165, 1.54) is 4.90 Å². The number of hydrogen-bond donors (Lipinski definition) is 1. The number of carbonyl (C=O) groups excluding carboxylic acids is 2. The lowest BCUT2D eigenvalue weighted by Crippen LogP contribution is -2.54. The molecule has 1 aliphatic heterocycles. The maximum atomic E-state index is 13.7. The van der Waals surface area contributed by atoms with Gasteiger partial charge >= 0.3 is 5.97 Å². The summed E-state index contributed by atoms with van der Waals surface area (Å²) in [6.07, 6.45) is 0.345. The highest BCUT2D eigenvalue weighted by Gasteiger charge is 2.37. The van der Waals surface area contributed by atoms with E-state index in [0.717, 1.165) is 22.3 Å². The van der Waals surface area contributed by atoms with Gasteiger partial charge in [0.05, 0.1) is 0 Å². The average Bonchev–Trinajstić information content (AvgIpc) is 2.83. The van der Waals surface area contributed by atoms with E-state index in [1.807, 2.05) is 73.7 Å². The molecule has 0 saturated carbocycles. The first-order valence-electron chi connectivity index (χ1n) is 10.9. The normalized spacial score (nSPS) is 14.9. The van der Waals surface area contributed by atoms with Crippen LogP contribution in [-0.2, 0) is 29.1 Å². The van der Waals surface area contributed by atoms with E-state index in [4.69, 9.17) is 0 Å². The Labute approximate surface area is 193 Å². The van der Waals surface area contributed by atoms with Crippen LogP contribution in [0.15, 0.2) is 78.9 Å². The summed E-state index contributed by atoms with van der Waals surface area (Å²) < 4.78 is 0. The highest BCUT2D eigenvalue weighted by molar-refractivity contribution is 5.98. The van der Waals surface area contributed by atoms with Gasteiger partial charge in [-0.3, -0.25) is 14.4 Å². The minimum atomic E-state index is -1.09. The second-order valence-electron chi connectivity index (χ2n) is 8.36. The van der Waals surface area contributed by atoms with Crippen molar-refractivity contribution in [3.05, 3.63) is 107 Å². The van der Waals surface area contributed by atoms with Crippen molar-refractivity contribution in [2.75, 3.05) is 6.54 Å². The number of aliphatic carboxylic acids is 1. The number of carbonyl (C=O) groups is 3. The van der Waals surface area contributed by atoms with Gasteiger partial charge in [0.2, 0.25) is 5.91 Å². The van der Waals surface area contributed by atoms with Crippen molar-refractivity contribution >= 4 is 17.8 Å². The molecule has 1 aliphatic rings. The molecule has 3 aromatic carbocycles. The first kappa shape index (κ1) is 22.3. The van der Waals surface area contributed by atoms with E-state index in [9.17, 15) is 19.5 Å². The second-order valence-corrected chi connectivity index (χ2v) is 8.36. The van der Waals surface area contributed by atoms with Gasteiger partial charge in [-0.1, -0.05) is 72.3 Å². The highest BCUT2D eigenvalue weighted by atomic mass is 16.4. The third kappa shape index (κ3) is 5.12. The number of rotatable bonds is 6. The van der Waals surface area contributed by atoms with E-state index in [2.05, 4.69) is 0 Å². The summed E-state index contributed by atoms with van der Waals surface area (Å²) in [4.78, 5) is 41.7. The van der Waals surface area contributed by atoms with Crippen molar-refractivity contribution in [2.45, 2.75) is 32.5 Å². The van der Waals surface area contributed by atoms with Crippen LogP contribution in [0.4, 0.5) is 0 Å². The Bertz CT molecular complexity index is 1160. The number of fused-ring (bicyclic) bond motifs is 1. The number of amides is 2. The van der Waals surface area contributed by atoms with Crippen molar-refractivity contribution in [3.8, 4) is 0 Å². The Morgan fingerprint density at radius 2 is 1.55 bits per heavy atom. The fraction of sp³-hybridized carbons (Fsp3) is 0.222. The number of nitrogens with zero attached hydrogens (tertiary/aromatic N) is 2. The first-order chi connectivity index (χ1) is 15.9. The van der Waals surface area contributed by atoms with Crippen molar-refractivity contribution in [1.29, 1.82) is 0 Å². The number of aryl methyl sites for hydroxylation is 1. The predicted molar refractivity (Wildman–Crippen MR) is 124 cm³/mol. The van der Waals surface area contributed by atoms with Gasteiger partial charge in [0.1, 0.15) is 12.6 Å². The van der Waals surface area contributed by atoms with E-state index in [-0.39, 0.29) is 18.4 Å². The molecule has 0 spiro atoms. The minimum Gasteiger partial charge on any atom is -0.480 e. The predicted octanol–water partition coefficient (Wildman–Crippen LogP) is 3.68. The molecule has 33 heavy (non-hydrogen) atoms. The molecule has 4 rings (SSSR count). The Morgan fingerprint density at radius 3 is 2.21 bits per heavy atom. The van der Waals surface area contributed by atoms with Crippen molar-refractivity contribution < 1.29 is 19.5 Å². The van der Waals surface area contributed by atoms with Crippen LogP contribution >= 0.6 is 0 Å². The lowest BCUT2D eigenvalue weighted by molar-refractivity contribution is -0.147. The van der Waals surface area contributed by atoms with Crippen LogP contribution in [0.3, 0.4) is 0 Å². The zero-order chi connectivity index (χ0) is 23.4. The molecular formula is C27H26N2O4. The molecule has 1 N–H and O–H groups in total. The molecule has 0 aromatic heterocycles. The molecule has 168 valence electrons. The van der Waals surface area contributed by atoms with Crippen molar-refractivity contribution in [2.24, 2.45) is 0 Å². The molecule has 1 heterocycles. The zero-order valence-corrected chi connectivity index (χ0v) is 18.5. The summed E-state index contributed by atoms with van der Waals surface area (Å²) >= 11 is 0. The standard InChI is InChI=1S/C27H26N2O4/c1-19-11-13-21(14-12-19)26(32)29-17-23-10-6-5-9-22(23)15-24(29)27(33)28(18-25(30)31)16-20-7-3-2-4-8-20/h2-14,24H,15-18H2,1H3,(H,30,31)/t24-/m0/s1. The first-order valence-corrected chi connectivity index (χ1v) is 10.9. The summed E-state index contributed by atoms with van der Waals surface area (Å²) in [5, 5.41) is 9.47. The Morgan fingerprint density at radius 1 is 0.909 bits per heavy atom. The molecule has 2 amide bonds. The van der Waals surface area contributed by atoms with Gasteiger partial charge in [-0.15, -0.1) is 0 Å². The molecule has 0 bridgehead atoms. The SMILES string of the molecule is Cc1ccc(C(=O)N2Cc3ccccc3C[C@H]2C(=O)N(CC(=O)O)Cc2ccccc2)cc1. The van der Waals surface area contributed by atoms with Gasteiger partial charge in [-0.2, -0.15) is 0 Å². The smallest absolute Gasteiger partial charge is 0.323 e. The van der Waals surface area contributed by atoms with Crippen LogP contribution in [-0.4, -0.2) is 45.3 Å². The van der Waals surface area contributed by atoms with Crippen molar-refractivity contribution in [1.82, 2.24) is 9.80 Å². The summed E-state index contributed by atoms with van der Waals surface area (Å²) in [6.45, 7) is 1.98. The Hall–Kier alpha value is -3.93. The number of carboxylic acid groups (broad SMARTS) is 1. The third-order valence-corrected chi connectivity index (χ3v) is 5.95. The van der Waals surface area contributed by atoms with Gasteiger partial charge in [-0.25, -0.2) is 0 Å². The summed E-state index contributed by atoms with van der Waals surface area (Å²) in [5.41, 5.74) is 4.37. The van der Waals surface area contributed by atoms with Gasteiger partial charge in [0.25, 0.3) is 5.91 Å². The quantitative estimate of drug-likeness (QED) is 0.632. The van der Waals surface area contributed by atoms with E-state index in [1.54, 1.807) is 17.0 Å². The average molecular weight is 443 g/mol. The zero-order valence-electron chi connectivity index (χ0n) is 18.5. The van der Waals surface area contributed by atoms with Gasteiger partial charge in [0.15, 0.2) is 0 Å². The second kappa shape index (κ2) is 9.69.